The standard InChI is InChI=1S/C21H29NS/c1-3-5-15-21(4-2)16-23-19-14-10-9-13-18(19)20(22-21)17-11-7-6-8-12-17/h9-11,13-14H,3-8,12,15-16H2,1-2H3. The van der Waals surface area contributed by atoms with Crippen molar-refractivity contribution in [1.82, 2.24) is 0 Å². The highest BCUT2D eigenvalue weighted by Gasteiger charge is 2.32. The van der Waals surface area contributed by atoms with Crippen LogP contribution in [0.1, 0.15) is 70.8 Å². The summed E-state index contributed by atoms with van der Waals surface area (Å²) >= 11 is 2.02. The third kappa shape index (κ3) is 3.74. The molecular formula is C21H29NS. The molecule has 1 aromatic rings. The molecule has 0 aromatic heterocycles. The highest BCUT2D eigenvalue weighted by molar-refractivity contribution is 7.99. The molecular weight excluding hydrogens is 298 g/mol. The molecule has 0 saturated heterocycles. The van der Waals surface area contributed by atoms with Crippen molar-refractivity contribution in [2.24, 2.45) is 4.99 Å². The minimum atomic E-state index is 0.118. The molecule has 0 fully saturated rings. The monoisotopic (exact) mass is 327 g/mol. The second-order valence-electron chi connectivity index (χ2n) is 6.90. The smallest absolute Gasteiger partial charge is 0.0706 e. The lowest BCUT2D eigenvalue weighted by Crippen LogP contribution is -2.30. The van der Waals surface area contributed by atoms with Crippen LogP contribution in [0, 0.1) is 0 Å². The molecule has 0 N–H and O–H groups in total. The third-order valence-corrected chi connectivity index (χ3v) is 6.59. The molecule has 1 aliphatic heterocycles. The van der Waals surface area contributed by atoms with E-state index in [0.29, 0.717) is 0 Å². The average Bonchev–Trinajstić information content (AvgIpc) is 2.79. The minimum absolute atomic E-state index is 0.118. The first kappa shape index (κ1) is 16.8. The molecule has 1 aliphatic carbocycles. The van der Waals surface area contributed by atoms with E-state index in [0.717, 1.165) is 12.2 Å². The lowest BCUT2D eigenvalue weighted by atomic mass is 9.88. The summed E-state index contributed by atoms with van der Waals surface area (Å²) in [7, 11) is 0. The molecule has 1 atom stereocenters. The highest BCUT2D eigenvalue weighted by Crippen LogP contribution is 2.39. The number of aliphatic imine (C=N–C) groups is 1. The second-order valence-corrected chi connectivity index (χ2v) is 7.92. The first-order valence-electron chi connectivity index (χ1n) is 9.29. The number of fused-ring (bicyclic) bond motifs is 1. The van der Waals surface area contributed by atoms with Gasteiger partial charge in [-0.2, -0.15) is 0 Å². The number of allylic oxidation sites excluding steroid dienone is 2. The fourth-order valence-electron chi connectivity index (χ4n) is 3.62. The number of unbranched alkanes of at least 4 members (excludes halogenated alkanes) is 1. The van der Waals surface area contributed by atoms with Gasteiger partial charge in [-0.3, -0.25) is 4.99 Å². The molecule has 0 amide bonds. The van der Waals surface area contributed by atoms with Crippen molar-refractivity contribution in [1.29, 1.82) is 0 Å². The van der Waals surface area contributed by atoms with Gasteiger partial charge in [0.2, 0.25) is 0 Å². The van der Waals surface area contributed by atoms with Crippen LogP contribution in [0.4, 0.5) is 0 Å². The van der Waals surface area contributed by atoms with Gasteiger partial charge in [0.15, 0.2) is 0 Å². The van der Waals surface area contributed by atoms with Crippen LogP contribution in [0.5, 0.6) is 0 Å². The Bertz CT molecular complexity index is 602. The summed E-state index contributed by atoms with van der Waals surface area (Å²) in [4.78, 5) is 6.88. The molecule has 1 unspecified atom stereocenters. The lowest BCUT2D eigenvalue weighted by molar-refractivity contribution is 0.415. The number of thioether (sulfide) groups is 1. The van der Waals surface area contributed by atoms with E-state index in [2.05, 4.69) is 44.2 Å². The molecule has 2 aliphatic rings. The van der Waals surface area contributed by atoms with Crippen LogP contribution in [0.25, 0.3) is 0 Å². The quantitative estimate of drug-likeness (QED) is 0.607. The summed E-state index contributed by atoms with van der Waals surface area (Å²) in [5.74, 6) is 1.12. The predicted molar refractivity (Wildman–Crippen MR) is 103 cm³/mol. The summed E-state index contributed by atoms with van der Waals surface area (Å²) in [6, 6.07) is 8.90. The fraction of sp³-hybridized carbons (Fsp3) is 0.571. The van der Waals surface area contributed by atoms with Crippen molar-refractivity contribution in [3.63, 3.8) is 0 Å². The van der Waals surface area contributed by atoms with E-state index in [-0.39, 0.29) is 5.54 Å². The Morgan fingerprint density at radius 1 is 1.17 bits per heavy atom. The van der Waals surface area contributed by atoms with E-state index < -0.39 is 0 Å². The minimum Gasteiger partial charge on any atom is -0.277 e. The second kappa shape index (κ2) is 7.70. The van der Waals surface area contributed by atoms with Crippen LogP contribution in [-0.2, 0) is 0 Å². The molecule has 1 nitrogen and oxygen atoms in total. The Morgan fingerprint density at radius 2 is 2.04 bits per heavy atom. The zero-order chi connectivity index (χ0) is 16.1. The average molecular weight is 328 g/mol. The van der Waals surface area contributed by atoms with Crippen molar-refractivity contribution in [2.75, 3.05) is 5.75 Å². The molecule has 2 heteroatoms. The molecule has 124 valence electrons. The van der Waals surface area contributed by atoms with Crippen molar-refractivity contribution < 1.29 is 0 Å². The first-order valence-corrected chi connectivity index (χ1v) is 10.3. The number of hydrogen-bond acceptors (Lipinski definition) is 2. The van der Waals surface area contributed by atoms with Gasteiger partial charge < -0.3 is 0 Å². The van der Waals surface area contributed by atoms with Gasteiger partial charge in [-0.25, -0.2) is 0 Å². The van der Waals surface area contributed by atoms with Gasteiger partial charge >= 0.3 is 0 Å². The van der Waals surface area contributed by atoms with Crippen LogP contribution >= 0.6 is 11.8 Å². The van der Waals surface area contributed by atoms with E-state index in [1.54, 1.807) is 0 Å². The molecule has 3 rings (SSSR count). The SMILES string of the molecule is CCCCC1(CC)CSc2ccccc2C(C2=CCCCC2)=N1. The summed E-state index contributed by atoms with van der Waals surface area (Å²) in [5.41, 5.74) is 4.30. The van der Waals surface area contributed by atoms with E-state index in [1.165, 1.54) is 66.7 Å². The molecule has 0 spiro atoms. The third-order valence-electron chi connectivity index (χ3n) is 5.24. The van der Waals surface area contributed by atoms with Gasteiger partial charge in [-0.1, -0.05) is 51.0 Å². The van der Waals surface area contributed by atoms with E-state index >= 15 is 0 Å². The molecule has 0 saturated carbocycles. The summed E-state index contributed by atoms with van der Waals surface area (Å²) in [6.07, 6.45) is 12.4. The fourth-order valence-corrected chi connectivity index (χ4v) is 4.95. The van der Waals surface area contributed by atoms with Gasteiger partial charge in [0.25, 0.3) is 0 Å². The molecule has 0 bridgehead atoms. The van der Waals surface area contributed by atoms with Gasteiger partial charge in [0.05, 0.1) is 11.3 Å². The normalized spacial score (nSPS) is 24.4. The Hall–Kier alpha value is -1.02. The predicted octanol–water partition coefficient (Wildman–Crippen LogP) is 6.42. The van der Waals surface area contributed by atoms with Crippen molar-refractivity contribution >= 4 is 17.5 Å². The number of hydrogen-bond donors (Lipinski definition) is 0. The Labute approximate surface area is 145 Å². The van der Waals surface area contributed by atoms with Crippen LogP contribution in [0.3, 0.4) is 0 Å². The largest absolute Gasteiger partial charge is 0.277 e. The molecule has 1 heterocycles. The van der Waals surface area contributed by atoms with Gasteiger partial charge in [-0.05, 0) is 50.2 Å². The van der Waals surface area contributed by atoms with Crippen LogP contribution in [0.2, 0.25) is 0 Å². The van der Waals surface area contributed by atoms with E-state index in [9.17, 15) is 0 Å². The Kier molecular flexibility index (Phi) is 5.63. The maximum atomic E-state index is 5.46. The zero-order valence-electron chi connectivity index (χ0n) is 14.6. The summed E-state index contributed by atoms with van der Waals surface area (Å²) in [6.45, 7) is 4.61. The van der Waals surface area contributed by atoms with E-state index in [1.807, 2.05) is 11.8 Å². The summed E-state index contributed by atoms with van der Waals surface area (Å²) < 4.78 is 0. The number of rotatable bonds is 5. The van der Waals surface area contributed by atoms with Crippen LogP contribution in [-0.4, -0.2) is 17.0 Å². The van der Waals surface area contributed by atoms with Gasteiger partial charge in [0, 0.05) is 16.2 Å². The van der Waals surface area contributed by atoms with Crippen molar-refractivity contribution in [3.8, 4) is 0 Å². The summed E-state index contributed by atoms with van der Waals surface area (Å²) in [5, 5.41) is 0. The maximum Gasteiger partial charge on any atom is 0.0706 e. The Balaban J connectivity index is 2.06. The highest BCUT2D eigenvalue weighted by atomic mass is 32.2. The first-order chi connectivity index (χ1) is 11.3. The van der Waals surface area contributed by atoms with Gasteiger partial charge in [-0.15, -0.1) is 11.8 Å². The van der Waals surface area contributed by atoms with Crippen molar-refractivity contribution in [2.45, 2.75) is 75.6 Å². The molecule has 1 aromatic carbocycles. The lowest BCUT2D eigenvalue weighted by Gasteiger charge is -2.28. The maximum absolute atomic E-state index is 5.46. The topological polar surface area (TPSA) is 12.4 Å². The zero-order valence-corrected chi connectivity index (χ0v) is 15.4. The van der Waals surface area contributed by atoms with Crippen LogP contribution < -0.4 is 0 Å². The Morgan fingerprint density at radius 3 is 2.78 bits per heavy atom. The van der Waals surface area contributed by atoms with Crippen molar-refractivity contribution in [3.05, 3.63) is 41.5 Å². The molecule has 0 radical (unpaired) electrons. The van der Waals surface area contributed by atoms with Gasteiger partial charge in [0.1, 0.15) is 0 Å². The molecule has 23 heavy (non-hydrogen) atoms. The number of nitrogens with zero attached hydrogens (tertiary/aromatic N) is 1. The van der Waals surface area contributed by atoms with Crippen LogP contribution in [0.15, 0.2) is 45.8 Å². The number of benzene rings is 1. The van der Waals surface area contributed by atoms with E-state index in [4.69, 9.17) is 4.99 Å².